The molecule has 0 spiro atoms. The highest BCUT2D eigenvalue weighted by atomic mass is 32.1. The van der Waals surface area contributed by atoms with Gasteiger partial charge in [0.2, 0.25) is 0 Å². The Bertz CT molecular complexity index is 519. The van der Waals surface area contributed by atoms with Gasteiger partial charge in [0.05, 0.1) is 16.3 Å². The van der Waals surface area contributed by atoms with Crippen LogP contribution in [0, 0.1) is 11.6 Å². The third-order valence-electron chi connectivity index (χ3n) is 2.73. The summed E-state index contributed by atoms with van der Waals surface area (Å²) in [5, 5.41) is 2.47. The number of nitrogens with two attached hydrogens (primary N) is 1. The zero-order valence-electron chi connectivity index (χ0n) is 9.99. The second-order valence-electron chi connectivity index (χ2n) is 4.10. The molecule has 1 aromatic carbocycles. The molecular formula is C13H14F2N2S. The topological polar surface area (TPSA) is 38.9 Å². The fourth-order valence-electron chi connectivity index (χ4n) is 1.63. The molecule has 0 aliphatic rings. The first kappa shape index (κ1) is 13.1. The Labute approximate surface area is 108 Å². The van der Waals surface area contributed by atoms with E-state index in [0.717, 1.165) is 11.4 Å². The van der Waals surface area contributed by atoms with E-state index in [1.54, 1.807) is 5.38 Å². The molecule has 2 aromatic rings. The molecule has 1 unspecified atom stereocenters. The van der Waals surface area contributed by atoms with E-state index in [0.29, 0.717) is 12.1 Å². The number of thiazole rings is 1. The van der Waals surface area contributed by atoms with Crippen molar-refractivity contribution >= 4 is 11.3 Å². The maximum absolute atomic E-state index is 13.6. The summed E-state index contributed by atoms with van der Waals surface area (Å²) >= 11 is 1.38. The molecule has 0 aliphatic carbocycles. The number of hydrogen-bond donors (Lipinski definition) is 1. The second kappa shape index (κ2) is 5.54. The van der Waals surface area contributed by atoms with Gasteiger partial charge in [0.1, 0.15) is 11.6 Å². The zero-order valence-corrected chi connectivity index (χ0v) is 10.8. The van der Waals surface area contributed by atoms with Crippen LogP contribution in [0.1, 0.15) is 18.4 Å². The maximum atomic E-state index is 13.6. The first-order valence-electron chi connectivity index (χ1n) is 5.76. The average Bonchev–Trinajstić information content (AvgIpc) is 2.77. The summed E-state index contributed by atoms with van der Waals surface area (Å²) in [4.78, 5) is 4.25. The molecule has 2 N–H and O–H groups in total. The zero-order chi connectivity index (χ0) is 13.1. The van der Waals surface area contributed by atoms with E-state index in [9.17, 15) is 8.78 Å². The summed E-state index contributed by atoms with van der Waals surface area (Å²) in [5.74, 6) is -1.18. The monoisotopic (exact) mass is 268 g/mol. The summed E-state index contributed by atoms with van der Waals surface area (Å²) in [5.41, 5.74) is 6.11. The van der Waals surface area contributed by atoms with Gasteiger partial charge in [0, 0.05) is 17.8 Å². The van der Waals surface area contributed by atoms with Gasteiger partial charge in [-0.05, 0) is 18.6 Å². The van der Waals surface area contributed by atoms with E-state index in [1.807, 2.05) is 6.92 Å². The van der Waals surface area contributed by atoms with Crippen LogP contribution in [-0.2, 0) is 6.42 Å². The van der Waals surface area contributed by atoms with Gasteiger partial charge in [-0.2, -0.15) is 0 Å². The van der Waals surface area contributed by atoms with Crippen LogP contribution in [0.4, 0.5) is 8.78 Å². The minimum Gasteiger partial charge on any atom is -0.327 e. The summed E-state index contributed by atoms with van der Waals surface area (Å²) in [6, 6.07) is 3.84. The fourth-order valence-corrected chi connectivity index (χ4v) is 2.51. The van der Waals surface area contributed by atoms with E-state index < -0.39 is 11.6 Å². The predicted octanol–water partition coefficient (Wildman–Crippen LogP) is 3.37. The number of halogens is 2. The van der Waals surface area contributed by atoms with E-state index in [-0.39, 0.29) is 11.6 Å². The standard InChI is InChI=1S/C13H14F2N2S/c1-2-8(16)6-12-17-11(7-18-12)13-9(14)4-3-5-10(13)15/h3-5,7-8H,2,6,16H2,1H3. The summed E-state index contributed by atoms with van der Waals surface area (Å²) < 4.78 is 27.1. The van der Waals surface area contributed by atoms with Crippen molar-refractivity contribution < 1.29 is 8.78 Å². The smallest absolute Gasteiger partial charge is 0.135 e. The molecule has 0 bridgehead atoms. The number of nitrogens with zero attached hydrogens (tertiary/aromatic N) is 1. The first-order valence-corrected chi connectivity index (χ1v) is 6.64. The lowest BCUT2D eigenvalue weighted by atomic mass is 10.1. The van der Waals surface area contributed by atoms with Gasteiger partial charge in [-0.1, -0.05) is 13.0 Å². The Morgan fingerprint density at radius 1 is 1.33 bits per heavy atom. The number of benzene rings is 1. The summed E-state index contributed by atoms with van der Waals surface area (Å²) in [6.07, 6.45) is 1.49. The molecule has 96 valence electrons. The third-order valence-corrected chi connectivity index (χ3v) is 3.60. The van der Waals surface area contributed by atoms with E-state index in [1.165, 1.54) is 29.5 Å². The molecule has 0 aliphatic heterocycles. The Morgan fingerprint density at radius 2 is 2.00 bits per heavy atom. The summed E-state index contributed by atoms with van der Waals surface area (Å²) in [6.45, 7) is 2.00. The van der Waals surface area contributed by atoms with Crippen molar-refractivity contribution in [3.8, 4) is 11.3 Å². The van der Waals surface area contributed by atoms with Gasteiger partial charge >= 0.3 is 0 Å². The lowest BCUT2D eigenvalue weighted by Crippen LogP contribution is -2.21. The fraction of sp³-hybridized carbons (Fsp3) is 0.308. The van der Waals surface area contributed by atoms with Gasteiger partial charge < -0.3 is 5.73 Å². The van der Waals surface area contributed by atoms with Gasteiger partial charge in [-0.3, -0.25) is 0 Å². The van der Waals surface area contributed by atoms with Crippen molar-refractivity contribution in [1.82, 2.24) is 4.98 Å². The molecule has 1 aromatic heterocycles. The Balaban J connectivity index is 2.30. The molecule has 2 nitrogen and oxygen atoms in total. The molecule has 0 saturated carbocycles. The lowest BCUT2D eigenvalue weighted by Gasteiger charge is -2.04. The van der Waals surface area contributed by atoms with Gasteiger partial charge in [0.15, 0.2) is 0 Å². The van der Waals surface area contributed by atoms with Crippen LogP contribution >= 0.6 is 11.3 Å². The quantitative estimate of drug-likeness (QED) is 0.923. The molecule has 0 fully saturated rings. The minimum atomic E-state index is -0.591. The Hall–Kier alpha value is -1.33. The molecule has 5 heteroatoms. The van der Waals surface area contributed by atoms with Crippen LogP contribution in [0.2, 0.25) is 0 Å². The Morgan fingerprint density at radius 3 is 2.61 bits per heavy atom. The third kappa shape index (κ3) is 2.73. The number of rotatable bonds is 4. The van der Waals surface area contributed by atoms with E-state index >= 15 is 0 Å². The van der Waals surface area contributed by atoms with Crippen LogP contribution in [0.5, 0.6) is 0 Å². The molecule has 0 radical (unpaired) electrons. The molecule has 1 heterocycles. The lowest BCUT2D eigenvalue weighted by molar-refractivity contribution is 0.588. The predicted molar refractivity (Wildman–Crippen MR) is 69.4 cm³/mol. The normalized spacial score (nSPS) is 12.7. The van der Waals surface area contributed by atoms with Gasteiger partial charge in [-0.15, -0.1) is 11.3 Å². The van der Waals surface area contributed by atoms with Crippen molar-refractivity contribution in [3.05, 3.63) is 40.2 Å². The highest BCUT2D eigenvalue weighted by Gasteiger charge is 2.15. The largest absolute Gasteiger partial charge is 0.327 e. The highest BCUT2D eigenvalue weighted by molar-refractivity contribution is 7.09. The SMILES string of the molecule is CCC(N)Cc1nc(-c2c(F)cccc2F)cs1. The van der Waals surface area contributed by atoms with Gasteiger partial charge in [-0.25, -0.2) is 13.8 Å². The van der Waals surface area contributed by atoms with Crippen molar-refractivity contribution in [2.75, 3.05) is 0 Å². The summed E-state index contributed by atoms with van der Waals surface area (Å²) in [7, 11) is 0. The number of aromatic nitrogens is 1. The Kier molecular flexibility index (Phi) is 4.04. The molecule has 0 saturated heterocycles. The van der Waals surface area contributed by atoms with Crippen LogP contribution in [-0.4, -0.2) is 11.0 Å². The average molecular weight is 268 g/mol. The molecule has 2 rings (SSSR count). The second-order valence-corrected chi connectivity index (χ2v) is 5.04. The van der Waals surface area contributed by atoms with Crippen LogP contribution in [0.25, 0.3) is 11.3 Å². The van der Waals surface area contributed by atoms with Crippen LogP contribution in [0.15, 0.2) is 23.6 Å². The minimum absolute atomic E-state index is 0.0365. The van der Waals surface area contributed by atoms with Crippen LogP contribution in [0.3, 0.4) is 0 Å². The van der Waals surface area contributed by atoms with Crippen molar-refractivity contribution in [2.45, 2.75) is 25.8 Å². The first-order chi connectivity index (χ1) is 8.61. The van der Waals surface area contributed by atoms with Crippen LogP contribution < -0.4 is 5.73 Å². The maximum Gasteiger partial charge on any atom is 0.135 e. The van der Waals surface area contributed by atoms with Crippen molar-refractivity contribution in [2.24, 2.45) is 5.73 Å². The van der Waals surface area contributed by atoms with Crippen molar-refractivity contribution in [3.63, 3.8) is 0 Å². The highest BCUT2D eigenvalue weighted by Crippen LogP contribution is 2.27. The van der Waals surface area contributed by atoms with E-state index in [4.69, 9.17) is 5.73 Å². The van der Waals surface area contributed by atoms with Gasteiger partial charge in [0.25, 0.3) is 0 Å². The van der Waals surface area contributed by atoms with Crippen molar-refractivity contribution in [1.29, 1.82) is 0 Å². The molecular weight excluding hydrogens is 254 g/mol. The number of hydrogen-bond acceptors (Lipinski definition) is 3. The molecule has 1 atom stereocenters. The van der Waals surface area contributed by atoms with E-state index in [2.05, 4.69) is 4.98 Å². The molecule has 18 heavy (non-hydrogen) atoms. The molecule has 0 amide bonds.